The van der Waals surface area contributed by atoms with Crippen LogP contribution in [0.25, 0.3) is 0 Å². The van der Waals surface area contributed by atoms with Crippen molar-refractivity contribution in [3.63, 3.8) is 0 Å². The van der Waals surface area contributed by atoms with Crippen LogP contribution >= 0.6 is 15.9 Å². The van der Waals surface area contributed by atoms with Crippen LogP contribution in [0, 0.1) is 10.1 Å². The molecule has 0 aliphatic rings. The monoisotopic (exact) mass is 312 g/mol. The molecule has 0 saturated heterocycles. The zero-order valence-corrected chi connectivity index (χ0v) is 9.50. The molecule has 0 aliphatic carbocycles. The van der Waals surface area contributed by atoms with E-state index in [0.29, 0.717) is 6.07 Å². The first-order valence-electron chi connectivity index (χ1n) is 3.99. The lowest BCUT2D eigenvalue weighted by Crippen LogP contribution is -2.16. The third-order valence-electron chi connectivity index (χ3n) is 1.84. The number of nitrogens with zero attached hydrogens (tertiary/aromatic N) is 1. The lowest BCUT2D eigenvalue weighted by atomic mass is 10.1. The van der Waals surface area contributed by atoms with Crippen molar-refractivity contribution < 1.29 is 22.9 Å². The number of rotatable bonds is 2. The molecule has 0 spiro atoms. The quantitative estimate of drug-likeness (QED) is 0.672. The number of carbonyl (C=O) groups is 1. The molecule has 0 fully saturated rings. The summed E-state index contributed by atoms with van der Waals surface area (Å²) < 4.78 is 36.8. The molecule has 17 heavy (non-hydrogen) atoms. The van der Waals surface area contributed by atoms with Gasteiger partial charge in [-0.1, -0.05) is 0 Å². The van der Waals surface area contributed by atoms with E-state index < -0.39 is 33.8 Å². The standard InChI is InChI=1S/C8H4BrF3N2O3/c9-4-1-3(8(10,11)12)2-5(14(16)17)6(4)7(13)15/h1-2H,(H2,13,15). The van der Waals surface area contributed by atoms with Gasteiger partial charge < -0.3 is 5.73 Å². The molecule has 0 unspecified atom stereocenters. The first-order valence-corrected chi connectivity index (χ1v) is 4.79. The van der Waals surface area contributed by atoms with Crippen LogP contribution in [-0.2, 0) is 6.18 Å². The fourth-order valence-corrected chi connectivity index (χ4v) is 1.79. The van der Waals surface area contributed by atoms with Gasteiger partial charge in [0, 0.05) is 10.5 Å². The van der Waals surface area contributed by atoms with Gasteiger partial charge in [-0.2, -0.15) is 13.2 Å². The number of carbonyl (C=O) groups excluding carboxylic acids is 1. The highest BCUT2D eigenvalue weighted by atomic mass is 79.9. The Morgan fingerprint density at radius 2 is 1.94 bits per heavy atom. The number of nitrogens with two attached hydrogens (primary N) is 1. The number of hydrogen-bond donors (Lipinski definition) is 1. The van der Waals surface area contributed by atoms with Gasteiger partial charge >= 0.3 is 6.18 Å². The lowest BCUT2D eigenvalue weighted by Gasteiger charge is -2.09. The molecule has 2 N–H and O–H groups in total. The average Bonchev–Trinajstić information content (AvgIpc) is 2.13. The van der Waals surface area contributed by atoms with Crippen LogP contribution in [0.1, 0.15) is 15.9 Å². The van der Waals surface area contributed by atoms with E-state index in [9.17, 15) is 28.1 Å². The zero-order chi connectivity index (χ0) is 13.4. The molecule has 0 aromatic heterocycles. The van der Waals surface area contributed by atoms with Crippen LogP contribution in [0.5, 0.6) is 0 Å². The van der Waals surface area contributed by atoms with E-state index >= 15 is 0 Å². The van der Waals surface area contributed by atoms with Crippen LogP contribution in [-0.4, -0.2) is 10.8 Å². The Morgan fingerprint density at radius 1 is 1.41 bits per heavy atom. The molecule has 0 saturated carbocycles. The van der Waals surface area contributed by atoms with Gasteiger partial charge in [-0.3, -0.25) is 14.9 Å². The Balaban J connectivity index is 3.58. The molecule has 0 radical (unpaired) electrons. The Kier molecular flexibility index (Phi) is 3.41. The third-order valence-corrected chi connectivity index (χ3v) is 2.47. The Hall–Kier alpha value is -1.64. The van der Waals surface area contributed by atoms with Crippen molar-refractivity contribution in [3.8, 4) is 0 Å². The van der Waals surface area contributed by atoms with Gasteiger partial charge in [-0.05, 0) is 22.0 Å². The van der Waals surface area contributed by atoms with Crippen LogP contribution in [0.4, 0.5) is 18.9 Å². The lowest BCUT2D eigenvalue weighted by molar-refractivity contribution is -0.385. The maximum Gasteiger partial charge on any atom is 0.416 e. The normalized spacial score (nSPS) is 11.3. The third kappa shape index (κ3) is 2.73. The maximum atomic E-state index is 12.4. The predicted octanol–water partition coefficient (Wildman–Crippen LogP) is 2.48. The van der Waals surface area contributed by atoms with E-state index in [2.05, 4.69) is 15.9 Å². The van der Waals surface area contributed by atoms with Crippen molar-refractivity contribution in [2.45, 2.75) is 6.18 Å². The summed E-state index contributed by atoms with van der Waals surface area (Å²) in [7, 11) is 0. The van der Waals surface area contributed by atoms with Crippen molar-refractivity contribution in [1.82, 2.24) is 0 Å². The number of nitro benzene ring substituents is 1. The van der Waals surface area contributed by atoms with Crippen LogP contribution in [0.3, 0.4) is 0 Å². The number of hydrogen-bond acceptors (Lipinski definition) is 3. The molecule has 0 atom stereocenters. The average molecular weight is 313 g/mol. The highest BCUT2D eigenvalue weighted by Gasteiger charge is 2.35. The Labute approximate surface area is 101 Å². The van der Waals surface area contributed by atoms with E-state index in [1.807, 2.05) is 0 Å². The molecule has 0 aliphatic heterocycles. The molecule has 9 heteroatoms. The summed E-state index contributed by atoms with van der Waals surface area (Å²) in [6.45, 7) is 0. The summed E-state index contributed by atoms with van der Waals surface area (Å²) in [6, 6.07) is 0.831. The van der Waals surface area contributed by atoms with Crippen molar-refractivity contribution in [1.29, 1.82) is 0 Å². The van der Waals surface area contributed by atoms with E-state index in [1.165, 1.54) is 0 Å². The van der Waals surface area contributed by atoms with Gasteiger partial charge in [0.05, 0.1) is 10.5 Å². The molecule has 1 aromatic rings. The summed E-state index contributed by atoms with van der Waals surface area (Å²) >= 11 is 2.65. The molecule has 1 aromatic carbocycles. The number of amides is 1. The molecule has 1 amide bonds. The summed E-state index contributed by atoms with van der Waals surface area (Å²) in [5.74, 6) is -1.18. The van der Waals surface area contributed by atoms with E-state index in [0.717, 1.165) is 0 Å². The minimum Gasteiger partial charge on any atom is -0.365 e. The van der Waals surface area contributed by atoms with Gasteiger partial charge in [0.2, 0.25) is 0 Å². The summed E-state index contributed by atoms with van der Waals surface area (Å²) in [5.41, 5.74) is 2.04. The Bertz CT molecular complexity index is 502. The van der Waals surface area contributed by atoms with E-state index in [4.69, 9.17) is 5.73 Å². The van der Waals surface area contributed by atoms with Crippen molar-refractivity contribution in [2.24, 2.45) is 5.73 Å². The highest BCUT2D eigenvalue weighted by molar-refractivity contribution is 9.10. The molecule has 5 nitrogen and oxygen atoms in total. The second-order valence-corrected chi connectivity index (χ2v) is 3.83. The second kappa shape index (κ2) is 4.32. The van der Waals surface area contributed by atoms with Gasteiger partial charge in [0.15, 0.2) is 0 Å². The van der Waals surface area contributed by atoms with Gasteiger partial charge in [-0.25, -0.2) is 0 Å². The molecule has 1 rings (SSSR count). The van der Waals surface area contributed by atoms with E-state index in [-0.39, 0.29) is 10.5 Å². The van der Waals surface area contributed by atoms with Crippen molar-refractivity contribution in [3.05, 3.63) is 37.8 Å². The minimum absolute atomic E-state index is 0.269. The molecular weight excluding hydrogens is 309 g/mol. The zero-order valence-electron chi connectivity index (χ0n) is 7.92. The fraction of sp³-hybridized carbons (Fsp3) is 0.125. The molecular formula is C8H4BrF3N2O3. The minimum atomic E-state index is -4.75. The maximum absolute atomic E-state index is 12.4. The fourth-order valence-electron chi connectivity index (χ4n) is 1.14. The van der Waals surface area contributed by atoms with Gasteiger partial charge in [0.1, 0.15) is 5.56 Å². The van der Waals surface area contributed by atoms with Crippen LogP contribution < -0.4 is 5.73 Å². The van der Waals surface area contributed by atoms with Gasteiger partial charge in [0.25, 0.3) is 11.6 Å². The number of halogens is 4. The number of primary amides is 1. The summed E-state index contributed by atoms with van der Waals surface area (Å²) in [6.07, 6.45) is -4.75. The number of alkyl halides is 3. The topological polar surface area (TPSA) is 86.2 Å². The summed E-state index contributed by atoms with van der Waals surface area (Å²) in [4.78, 5) is 20.4. The highest BCUT2D eigenvalue weighted by Crippen LogP contribution is 2.36. The predicted molar refractivity (Wildman–Crippen MR) is 54.3 cm³/mol. The Morgan fingerprint density at radius 3 is 2.29 bits per heavy atom. The molecule has 92 valence electrons. The van der Waals surface area contributed by atoms with E-state index in [1.54, 1.807) is 0 Å². The first-order chi connectivity index (χ1) is 7.64. The molecule has 0 bridgehead atoms. The largest absolute Gasteiger partial charge is 0.416 e. The van der Waals surface area contributed by atoms with Crippen molar-refractivity contribution >= 4 is 27.5 Å². The van der Waals surface area contributed by atoms with Crippen LogP contribution in [0.15, 0.2) is 16.6 Å². The number of benzene rings is 1. The molecule has 0 heterocycles. The first kappa shape index (κ1) is 13.4. The second-order valence-electron chi connectivity index (χ2n) is 2.97. The summed E-state index contributed by atoms with van der Waals surface area (Å²) in [5, 5.41) is 10.6. The SMILES string of the molecule is NC(=O)c1c(Br)cc(C(F)(F)F)cc1[N+](=O)[O-]. The van der Waals surface area contributed by atoms with Crippen LogP contribution in [0.2, 0.25) is 0 Å². The van der Waals surface area contributed by atoms with Gasteiger partial charge in [-0.15, -0.1) is 0 Å². The van der Waals surface area contributed by atoms with Crippen molar-refractivity contribution in [2.75, 3.05) is 0 Å². The number of nitro groups is 1. The smallest absolute Gasteiger partial charge is 0.365 e.